The maximum atomic E-state index is 15.0. The van der Waals surface area contributed by atoms with Crippen LogP contribution in [0.15, 0.2) is 51.9 Å². The van der Waals surface area contributed by atoms with Gasteiger partial charge in [-0.05, 0) is 24.3 Å². The summed E-state index contributed by atoms with van der Waals surface area (Å²) in [5.74, 6) is -1.35. The number of aryl methyl sites for hydroxylation is 2. The number of hydrogen-bond donors (Lipinski definition) is 0. The lowest BCUT2D eigenvalue weighted by atomic mass is 10.1. The van der Waals surface area contributed by atoms with Crippen molar-refractivity contribution >= 4 is 11.0 Å². The number of alkyl halides is 2. The maximum absolute atomic E-state index is 15.0. The Morgan fingerprint density at radius 3 is 2.55 bits per heavy atom. The van der Waals surface area contributed by atoms with Gasteiger partial charge in [-0.25, -0.2) is 9.18 Å². The van der Waals surface area contributed by atoms with E-state index in [-0.39, 0.29) is 18.1 Å². The molecule has 5 aromatic rings. The average Bonchev–Trinajstić information content (AvgIpc) is 3.50. The highest BCUT2D eigenvalue weighted by atomic mass is 19.3. The van der Waals surface area contributed by atoms with Crippen LogP contribution in [0, 0.1) is 5.82 Å². The van der Waals surface area contributed by atoms with E-state index in [1.54, 1.807) is 49.2 Å². The molecule has 168 valence electrons. The Morgan fingerprint density at radius 2 is 1.91 bits per heavy atom. The highest BCUT2D eigenvalue weighted by Crippen LogP contribution is 2.27. The largest absolute Gasteiger partial charge is 0.415 e. The van der Waals surface area contributed by atoms with Crippen molar-refractivity contribution in [2.75, 3.05) is 0 Å². The van der Waals surface area contributed by atoms with Crippen molar-refractivity contribution in [3.63, 3.8) is 0 Å². The maximum Gasteiger partial charge on any atom is 0.329 e. The van der Waals surface area contributed by atoms with Gasteiger partial charge in [0.25, 0.3) is 5.89 Å². The zero-order chi connectivity index (χ0) is 23.3. The van der Waals surface area contributed by atoms with Gasteiger partial charge in [0.15, 0.2) is 0 Å². The molecule has 12 heteroatoms. The van der Waals surface area contributed by atoms with Crippen LogP contribution < -0.4 is 5.69 Å². The van der Waals surface area contributed by atoms with E-state index >= 15 is 0 Å². The monoisotopic (exact) mass is 455 g/mol. The minimum atomic E-state index is -2.87. The second-order valence-corrected chi connectivity index (χ2v) is 7.37. The smallest absolute Gasteiger partial charge is 0.329 e. The first kappa shape index (κ1) is 20.7. The Morgan fingerprint density at radius 1 is 1.09 bits per heavy atom. The molecule has 0 fully saturated rings. The zero-order valence-corrected chi connectivity index (χ0v) is 17.4. The van der Waals surface area contributed by atoms with Gasteiger partial charge in [-0.3, -0.25) is 18.8 Å². The summed E-state index contributed by atoms with van der Waals surface area (Å²) in [6.07, 6.45) is 0.0896. The van der Waals surface area contributed by atoms with Gasteiger partial charge in [0, 0.05) is 38.1 Å². The summed E-state index contributed by atoms with van der Waals surface area (Å²) in [7, 11) is 3.32. The molecule has 33 heavy (non-hydrogen) atoms. The summed E-state index contributed by atoms with van der Waals surface area (Å²) in [6, 6.07) is 7.80. The molecule has 0 N–H and O–H groups in total. The molecule has 0 saturated heterocycles. The van der Waals surface area contributed by atoms with E-state index in [9.17, 15) is 18.0 Å². The standard InChI is InChI=1S/C21H16F3N7O2/c1-29-16-7-13(15-5-6-26-30(15)2)14(22)8-17(16)31(21(29)32)10-12-4-3-11(9-25-12)19-27-28-20(33-19)18(23)24/h3-9,18H,10H2,1-2H3. The molecular weight excluding hydrogens is 439 g/mol. The molecule has 0 spiro atoms. The minimum Gasteiger partial charge on any atom is -0.415 e. The second-order valence-electron chi connectivity index (χ2n) is 7.37. The van der Waals surface area contributed by atoms with E-state index in [0.29, 0.717) is 33.5 Å². The predicted octanol–water partition coefficient (Wildman–Crippen LogP) is 3.31. The minimum absolute atomic E-state index is 0.0765. The molecule has 0 unspecified atom stereocenters. The number of fused-ring (bicyclic) bond motifs is 1. The van der Waals surface area contributed by atoms with Crippen LogP contribution in [0.1, 0.15) is 18.0 Å². The summed E-state index contributed by atoms with van der Waals surface area (Å²) >= 11 is 0. The number of halogens is 3. The van der Waals surface area contributed by atoms with Gasteiger partial charge < -0.3 is 4.42 Å². The van der Waals surface area contributed by atoms with Crippen LogP contribution in [-0.2, 0) is 20.6 Å². The quantitative estimate of drug-likeness (QED) is 0.404. The number of imidazole rings is 1. The van der Waals surface area contributed by atoms with E-state index in [1.807, 2.05) is 0 Å². The molecule has 0 bridgehead atoms. The van der Waals surface area contributed by atoms with E-state index in [4.69, 9.17) is 4.42 Å². The van der Waals surface area contributed by atoms with E-state index in [1.165, 1.54) is 21.4 Å². The van der Waals surface area contributed by atoms with E-state index in [0.717, 1.165) is 0 Å². The van der Waals surface area contributed by atoms with Crippen molar-refractivity contribution in [3.05, 3.63) is 70.6 Å². The van der Waals surface area contributed by atoms with E-state index < -0.39 is 18.1 Å². The third-order valence-corrected chi connectivity index (χ3v) is 5.35. The van der Waals surface area contributed by atoms with Crippen molar-refractivity contribution in [1.82, 2.24) is 34.1 Å². The summed E-state index contributed by atoms with van der Waals surface area (Å²) in [4.78, 5) is 17.1. The molecule has 0 atom stereocenters. The summed E-state index contributed by atoms with van der Waals surface area (Å²) < 4.78 is 49.6. The molecular formula is C21H16F3N7O2. The molecule has 0 aliphatic carbocycles. The molecule has 0 radical (unpaired) electrons. The van der Waals surface area contributed by atoms with Crippen LogP contribution in [0.25, 0.3) is 33.7 Å². The molecule has 4 aromatic heterocycles. The number of aromatic nitrogens is 7. The summed E-state index contributed by atoms with van der Waals surface area (Å²) in [5, 5.41) is 10.9. The van der Waals surface area contributed by atoms with Gasteiger partial charge in [-0.1, -0.05) is 0 Å². The van der Waals surface area contributed by atoms with Crippen LogP contribution >= 0.6 is 0 Å². The van der Waals surface area contributed by atoms with Gasteiger partial charge in [-0.15, -0.1) is 10.2 Å². The molecule has 9 nitrogen and oxygen atoms in total. The number of benzene rings is 1. The highest BCUT2D eigenvalue weighted by Gasteiger charge is 2.19. The van der Waals surface area contributed by atoms with Gasteiger partial charge in [0.05, 0.1) is 34.5 Å². The average molecular weight is 455 g/mol. The topological polar surface area (TPSA) is 96.6 Å². The molecule has 5 rings (SSSR count). The SMILES string of the molecule is Cn1nccc1-c1cc2c(cc1F)n(Cc1ccc(-c3nnc(C(F)F)o3)cn1)c(=O)n2C. The van der Waals surface area contributed by atoms with Crippen molar-refractivity contribution in [3.8, 4) is 22.7 Å². The molecule has 0 saturated carbocycles. The Hall–Kier alpha value is -4.22. The van der Waals surface area contributed by atoms with Crippen molar-refractivity contribution in [2.45, 2.75) is 13.0 Å². The lowest BCUT2D eigenvalue weighted by molar-refractivity contribution is 0.116. The third kappa shape index (κ3) is 3.49. The van der Waals surface area contributed by atoms with Crippen LogP contribution in [0.2, 0.25) is 0 Å². The number of nitrogens with zero attached hydrogens (tertiary/aromatic N) is 7. The van der Waals surface area contributed by atoms with Crippen molar-refractivity contribution < 1.29 is 17.6 Å². The zero-order valence-electron chi connectivity index (χ0n) is 17.4. The fraction of sp³-hybridized carbons (Fsp3) is 0.190. The van der Waals surface area contributed by atoms with Crippen LogP contribution in [-0.4, -0.2) is 34.1 Å². The summed E-state index contributed by atoms with van der Waals surface area (Å²) in [6.45, 7) is 0.0765. The molecule has 0 aliphatic rings. The number of rotatable bonds is 5. The summed E-state index contributed by atoms with van der Waals surface area (Å²) in [5.41, 5.74) is 2.41. The Kier molecular flexibility index (Phi) is 4.84. The first-order valence-corrected chi connectivity index (χ1v) is 9.77. The second kappa shape index (κ2) is 7.73. The van der Waals surface area contributed by atoms with Crippen LogP contribution in [0.3, 0.4) is 0 Å². The fourth-order valence-electron chi connectivity index (χ4n) is 3.66. The first-order valence-electron chi connectivity index (χ1n) is 9.77. The highest BCUT2D eigenvalue weighted by molar-refractivity contribution is 5.82. The molecule has 1 aromatic carbocycles. The predicted molar refractivity (Wildman–Crippen MR) is 111 cm³/mol. The van der Waals surface area contributed by atoms with Crippen molar-refractivity contribution in [1.29, 1.82) is 0 Å². The molecule has 4 heterocycles. The van der Waals surface area contributed by atoms with Crippen molar-refractivity contribution in [2.24, 2.45) is 14.1 Å². The Balaban J connectivity index is 1.50. The normalized spacial score (nSPS) is 11.7. The molecule has 0 amide bonds. The van der Waals surface area contributed by atoms with Crippen LogP contribution in [0.5, 0.6) is 0 Å². The number of hydrogen-bond acceptors (Lipinski definition) is 6. The lowest BCUT2D eigenvalue weighted by Gasteiger charge is -2.07. The van der Waals surface area contributed by atoms with Gasteiger partial charge >= 0.3 is 12.1 Å². The Bertz CT molecular complexity index is 1530. The fourth-order valence-corrected chi connectivity index (χ4v) is 3.66. The van der Waals surface area contributed by atoms with Gasteiger partial charge in [0.1, 0.15) is 5.82 Å². The third-order valence-electron chi connectivity index (χ3n) is 5.35. The van der Waals surface area contributed by atoms with E-state index in [2.05, 4.69) is 20.3 Å². The number of pyridine rings is 1. The first-order chi connectivity index (χ1) is 15.8. The van der Waals surface area contributed by atoms with Gasteiger partial charge in [-0.2, -0.15) is 13.9 Å². The van der Waals surface area contributed by atoms with Gasteiger partial charge in [0.2, 0.25) is 5.89 Å². The molecule has 0 aliphatic heterocycles. The van der Waals surface area contributed by atoms with Crippen LogP contribution in [0.4, 0.5) is 13.2 Å². The lowest BCUT2D eigenvalue weighted by Crippen LogP contribution is -2.23. The Labute approximate surface area is 183 Å².